The molecule has 56 heavy (non-hydrogen) atoms. The molecule has 4 heterocycles. The van der Waals surface area contributed by atoms with E-state index in [1.54, 1.807) is 0 Å². The number of nitrogens with zero attached hydrogens (tertiary/aromatic N) is 4. The number of benzene rings is 2. The number of likely N-dealkylation sites (tertiary alicyclic amines) is 4. The molecule has 2 aromatic carbocycles. The lowest BCUT2D eigenvalue weighted by molar-refractivity contribution is 0.193. The van der Waals surface area contributed by atoms with E-state index in [0.717, 1.165) is 127 Å². The zero-order valence-corrected chi connectivity index (χ0v) is 35.3. The molecule has 4 aliphatic rings. The Labute approximate surface area is 341 Å². The lowest BCUT2D eigenvalue weighted by atomic mass is 10.0. The molecule has 0 aliphatic carbocycles. The van der Waals surface area contributed by atoms with Gasteiger partial charge in [0.05, 0.1) is 26.4 Å². The highest BCUT2D eigenvalue weighted by atomic mass is 16.5. The summed E-state index contributed by atoms with van der Waals surface area (Å²) in [5.41, 5.74) is 2.67. The van der Waals surface area contributed by atoms with Crippen molar-refractivity contribution in [3.63, 3.8) is 0 Å². The summed E-state index contributed by atoms with van der Waals surface area (Å²) >= 11 is 0. The Morgan fingerprint density at radius 1 is 0.321 bits per heavy atom. The van der Waals surface area contributed by atoms with E-state index in [4.69, 9.17) is 18.9 Å². The summed E-state index contributed by atoms with van der Waals surface area (Å²) in [5.74, 6) is 3.66. The molecular formula is C48H78N4O4. The maximum atomic E-state index is 6.46. The fourth-order valence-corrected chi connectivity index (χ4v) is 9.15. The number of unbranched alkanes of at least 4 members (excludes halogenated alkanes) is 1. The van der Waals surface area contributed by atoms with Gasteiger partial charge in [0.15, 0.2) is 23.0 Å². The minimum atomic E-state index is 0.741. The molecule has 4 aliphatic heterocycles. The van der Waals surface area contributed by atoms with Gasteiger partial charge in [-0.2, -0.15) is 0 Å². The van der Waals surface area contributed by atoms with Crippen LogP contribution in [0.25, 0.3) is 0 Å². The fourth-order valence-electron chi connectivity index (χ4n) is 9.15. The average molecular weight is 775 g/mol. The van der Waals surface area contributed by atoms with Gasteiger partial charge in [-0.25, -0.2) is 0 Å². The molecule has 0 aromatic heterocycles. The normalized spacial score (nSPS) is 19.2. The Morgan fingerprint density at radius 2 is 0.607 bits per heavy atom. The van der Waals surface area contributed by atoms with Gasteiger partial charge in [0, 0.05) is 26.2 Å². The van der Waals surface area contributed by atoms with E-state index in [2.05, 4.69) is 56.0 Å². The molecule has 6 rings (SSSR count). The Bertz CT molecular complexity index is 1230. The Morgan fingerprint density at radius 3 is 0.911 bits per heavy atom. The molecule has 0 atom stereocenters. The van der Waals surface area contributed by atoms with Crippen molar-refractivity contribution in [3.8, 4) is 23.0 Å². The van der Waals surface area contributed by atoms with Gasteiger partial charge in [-0.1, -0.05) is 37.8 Å². The lowest BCUT2D eigenvalue weighted by Crippen LogP contribution is -2.31. The van der Waals surface area contributed by atoms with Crippen LogP contribution < -0.4 is 18.9 Å². The molecule has 0 bridgehead atoms. The third-order valence-corrected chi connectivity index (χ3v) is 12.5. The van der Waals surface area contributed by atoms with Crippen LogP contribution in [0.3, 0.4) is 0 Å². The topological polar surface area (TPSA) is 49.9 Å². The minimum Gasteiger partial charge on any atom is -0.490 e. The van der Waals surface area contributed by atoms with Gasteiger partial charge >= 0.3 is 0 Å². The third kappa shape index (κ3) is 16.0. The second kappa shape index (κ2) is 25.8. The van der Waals surface area contributed by atoms with E-state index in [0.29, 0.717) is 0 Å². The number of aryl methyl sites for hydroxylation is 2. The highest BCUT2D eigenvalue weighted by molar-refractivity contribution is 5.44. The monoisotopic (exact) mass is 775 g/mol. The first-order chi connectivity index (χ1) is 27.8. The molecule has 0 radical (unpaired) electrons. The first kappa shape index (κ1) is 43.1. The van der Waals surface area contributed by atoms with Crippen molar-refractivity contribution in [2.24, 2.45) is 0 Å². The van der Waals surface area contributed by atoms with Crippen LogP contribution in [-0.4, -0.2) is 125 Å². The van der Waals surface area contributed by atoms with Crippen LogP contribution in [0.1, 0.15) is 127 Å². The quantitative estimate of drug-likeness (QED) is 0.0927. The Kier molecular flexibility index (Phi) is 19.8. The number of ether oxygens (including phenoxy) is 4. The molecule has 0 saturated carbocycles. The summed E-state index contributed by atoms with van der Waals surface area (Å²) in [4.78, 5) is 10.4. The van der Waals surface area contributed by atoms with Crippen molar-refractivity contribution >= 4 is 0 Å². The molecule has 8 heteroatoms. The van der Waals surface area contributed by atoms with E-state index in [9.17, 15) is 0 Å². The zero-order valence-electron chi connectivity index (χ0n) is 35.3. The number of hydrogen-bond donors (Lipinski definition) is 0. The predicted molar refractivity (Wildman–Crippen MR) is 231 cm³/mol. The zero-order chi connectivity index (χ0) is 38.3. The lowest BCUT2D eigenvalue weighted by Gasteiger charge is -2.26. The number of piperidine rings is 4. The first-order valence-electron chi connectivity index (χ1n) is 23.4. The van der Waals surface area contributed by atoms with E-state index in [-0.39, 0.29) is 0 Å². The van der Waals surface area contributed by atoms with Gasteiger partial charge in [-0.3, -0.25) is 0 Å². The highest BCUT2D eigenvalue weighted by Gasteiger charge is 2.15. The molecule has 2 aromatic rings. The van der Waals surface area contributed by atoms with Crippen LogP contribution in [0.15, 0.2) is 36.4 Å². The van der Waals surface area contributed by atoms with Crippen LogP contribution in [0.2, 0.25) is 0 Å². The van der Waals surface area contributed by atoms with Crippen molar-refractivity contribution < 1.29 is 18.9 Å². The van der Waals surface area contributed by atoms with Gasteiger partial charge in [-0.05, 0) is 190 Å². The minimum absolute atomic E-state index is 0.741. The Hall–Kier alpha value is -2.52. The molecular weight excluding hydrogens is 697 g/mol. The smallest absolute Gasteiger partial charge is 0.161 e. The van der Waals surface area contributed by atoms with Crippen LogP contribution in [0, 0.1) is 0 Å². The van der Waals surface area contributed by atoms with Crippen LogP contribution in [-0.2, 0) is 12.8 Å². The van der Waals surface area contributed by atoms with Crippen molar-refractivity contribution in [2.75, 3.05) is 105 Å². The van der Waals surface area contributed by atoms with Crippen molar-refractivity contribution in [3.05, 3.63) is 47.5 Å². The molecule has 8 nitrogen and oxygen atoms in total. The second-order valence-corrected chi connectivity index (χ2v) is 17.2. The summed E-state index contributed by atoms with van der Waals surface area (Å²) in [6.45, 7) is 17.4. The number of hydrogen-bond acceptors (Lipinski definition) is 8. The van der Waals surface area contributed by atoms with Crippen molar-refractivity contribution in [1.29, 1.82) is 0 Å². The van der Waals surface area contributed by atoms with Crippen LogP contribution in [0.4, 0.5) is 0 Å². The second-order valence-electron chi connectivity index (χ2n) is 17.2. The standard InChI is InChI=1S/C48H78N4O4/c1-7-25-49(26-8-1)33-15-37-53-45-23-21-43(41-47(45)55-39-17-35-51-29-11-3-12-30-51)19-5-6-20-44-22-24-46(54-38-16-34-50-27-9-2-10-28-50)48(42-44)56-40-18-36-52-31-13-4-14-32-52/h21-24,41-42H,1-20,25-40H2. The number of rotatable bonds is 25. The molecule has 4 saturated heterocycles. The maximum absolute atomic E-state index is 6.46. The van der Waals surface area contributed by atoms with E-state index in [1.807, 2.05) is 0 Å². The molecule has 0 amide bonds. The van der Waals surface area contributed by atoms with Crippen molar-refractivity contribution in [1.82, 2.24) is 19.6 Å². The molecule has 4 fully saturated rings. The SMILES string of the molecule is c1cc(OCCCN2CCCCC2)c(OCCCN2CCCCC2)cc1CCCCc1ccc(OCCCN2CCCCC2)c(OCCCN2CCCCC2)c1. The van der Waals surface area contributed by atoms with Crippen LogP contribution in [0.5, 0.6) is 23.0 Å². The average Bonchev–Trinajstić information content (AvgIpc) is 3.25. The largest absolute Gasteiger partial charge is 0.490 e. The molecule has 0 N–H and O–H groups in total. The van der Waals surface area contributed by atoms with E-state index in [1.165, 1.54) is 141 Å². The van der Waals surface area contributed by atoms with E-state index >= 15 is 0 Å². The summed E-state index contributed by atoms with van der Waals surface area (Å²) in [5, 5.41) is 0. The van der Waals surface area contributed by atoms with Crippen molar-refractivity contribution in [2.45, 2.75) is 128 Å². The predicted octanol–water partition coefficient (Wildman–Crippen LogP) is 9.27. The fraction of sp³-hybridized carbons (Fsp3) is 0.750. The van der Waals surface area contributed by atoms with Crippen LogP contribution >= 0.6 is 0 Å². The summed E-state index contributed by atoms with van der Waals surface area (Å²) < 4.78 is 25.7. The van der Waals surface area contributed by atoms with E-state index < -0.39 is 0 Å². The summed E-state index contributed by atoms with van der Waals surface area (Å²) in [7, 11) is 0. The van der Waals surface area contributed by atoms with Gasteiger partial charge in [0.2, 0.25) is 0 Å². The highest BCUT2D eigenvalue weighted by Crippen LogP contribution is 2.32. The van der Waals surface area contributed by atoms with Gasteiger partial charge < -0.3 is 38.5 Å². The third-order valence-electron chi connectivity index (χ3n) is 12.5. The summed E-state index contributed by atoms with van der Waals surface area (Å²) in [6, 6.07) is 13.4. The van der Waals surface area contributed by atoms with Gasteiger partial charge in [0.1, 0.15) is 0 Å². The molecule has 314 valence electrons. The van der Waals surface area contributed by atoms with Gasteiger partial charge in [0.25, 0.3) is 0 Å². The molecule has 0 spiro atoms. The summed E-state index contributed by atoms with van der Waals surface area (Å²) in [6.07, 6.45) is 24.8. The van der Waals surface area contributed by atoms with Gasteiger partial charge in [-0.15, -0.1) is 0 Å². The Balaban J connectivity index is 0.974. The maximum Gasteiger partial charge on any atom is 0.161 e. The first-order valence-corrected chi connectivity index (χ1v) is 23.4. The molecule has 0 unspecified atom stereocenters.